The molecule has 1 aromatic carbocycles. The molecule has 0 fully saturated rings. The number of amides is 2. The number of nitrogens with zero attached hydrogens (tertiary/aromatic N) is 2. The lowest BCUT2D eigenvalue weighted by Gasteiger charge is -2.20. The van der Waals surface area contributed by atoms with Gasteiger partial charge < -0.3 is 24.8 Å². The molecule has 2 aromatic rings. The molecule has 0 aliphatic rings. The molecule has 8 nitrogen and oxygen atoms in total. The highest BCUT2D eigenvalue weighted by Crippen LogP contribution is 2.10. The van der Waals surface area contributed by atoms with Crippen LogP contribution in [-0.4, -0.2) is 53.8 Å². The van der Waals surface area contributed by atoms with Crippen molar-refractivity contribution < 1.29 is 24.2 Å². The molecule has 1 atom stereocenters. The molecule has 0 aliphatic carbocycles. The summed E-state index contributed by atoms with van der Waals surface area (Å²) in [5, 5.41) is 11.6. The van der Waals surface area contributed by atoms with E-state index in [9.17, 15) is 9.59 Å². The fourth-order valence-corrected chi connectivity index (χ4v) is 2.31. The normalized spacial score (nSPS) is 11.4. The van der Waals surface area contributed by atoms with Crippen molar-refractivity contribution in [3.8, 4) is 11.6 Å². The Morgan fingerprint density at radius 3 is 2.50 bits per heavy atom. The van der Waals surface area contributed by atoms with Gasteiger partial charge in [0, 0.05) is 32.4 Å². The number of carbonyl (C=O) groups excluding carboxylic acids is 1. The van der Waals surface area contributed by atoms with E-state index in [1.165, 1.54) is 4.90 Å². The van der Waals surface area contributed by atoms with Gasteiger partial charge in [0.2, 0.25) is 5.88 Å². The number of aliphatic carboxylic acids is 1. The van der Waals surface area contributed by atoms with Gasteiger partial charge in [-0.1, -0.05) is 31.2 Å². The number of rotatable bonds is 10. The molecule has 0 bridgehead atoms. The van der Waals surface area contributed by atoms with Crippen LogP contribution in [0.2, 0.25) is 0 Å². The van der Waals surface area contributed by atoms with Gasteiger partial charge in [-0.3, -0.25) is 4.79 Å². The Morgan fingerprint density at radius 1 is 1.14 bits per heavy atom. The largest absolute Gasteiger partial charge is 0.490 e. The second kappa shape index (κ2) is 10.8. The Labute approximate surface area is 164 Å². The van der Waals surface area contributed by atoms with Crippen LogP contribution in [0.3, 0.4) is 0 Å². The number of nitrogens with one attached hydrogen (secondary N) is 1. The van der Waals surface area contributed by atoms with E-state index in [1.54, 1.807) is 32.3 Å². The van der Waals surface area contributed by atoms with Gasteiger partial charge in [-0.05, 0) is 17.7 Å². The number of benzene rings is 1. The zero-order valence-corrected chi connectivity index (χ0v) is 16.0. The summed E-state index contributed by atoms with van der Waals surface area (Å²) < 4.78 is 11.1. The topological polar surface area (TPSA) is 101 Å². The Kier molecular flexibility index (Phi) is 8.08. The minimum Gasteiger partial charge on any atom is -0.490 e. The summed E-state index contributed by atoms with van der Waals surface area (Å²) in [7, 11) is 1.56. The summed E-state index contributed by atoms with van der Waals surface area (Å²) in [6, 6.07) is 12.7. The number of aromatic nitrogens is 1. The lowest BCUT2D eigenvalue weighted by Crippen LogP contribution is -2.40. The van der Waals surface area contributed by atoms with Gasteiger partial charge in [-0.2, -0.15) is 0 Å². The number of ether oxygens (including phenoxy) is 2. The zero-order valence-electron chi connectivity index (χ0n) is 16.0. The number of carboxylic acids is 1. The molecule has 1 unspecified atom stereocenters. The molecule has 2 amide bonds. The maximum absolute atomic E-state index is 12.0. The molecule has 1 heterocycles. The molecule has 0 spiro atoms. The number of hydrogen-bond acceptors (Lipinski definition) is 5. The first-order valence-corrected chi connectivity index (χ1v) is 8.93. The number of hydrogen-bond donors (Lipinski definition) is 2. The highest BCUT2D eigenvalue weighted by atomic mass is 16.5. The summed E-state index contributed by atoms with van der Waals surface area (Å²) in [5.41, 5.74) is 0.806. The number of pyridine rings is 1. The molecule has 8 heteroatoms. The molecule has 0 saturated carbocycles. The van der Waals surface area contributed by atoms with Crippen molar-refractivity contribution in [2.45, 2.75) is 13.5 Å². The molecule has 150 valence electrons. The zero-order chi connectivity index (χ0) is 20.4. The Balaban J connectivity index is 1.69. The highest BCUT2D eigenvalue weighted by Gasteiger charge is 2.17. The summed E-state index contributed by atoms with van der Waals surface area (Å²) in [6.45, 7) is 2.75. The summed E-state index contributed by atoms with van der Waals surface area (Å²) in [4.78, 5) is 28.4. The smallest absolute Gasteiger partial charge is 0.317 e. The van der Waals surface area contributed by atoms with E-state index in [2.05, 4.69) is 10.3 Å². The second-order valence-electron chi connectivity index (χ2n) is 6.29. The van der Waals surface area contributed by atoms with Crippen LogP contribution in [0.15, 0.2) is 48.7 Å². The highest BCUT2D eigenvalue weighted by molar-refractivity contribution is 5.75. The van der Waals surface area contributed by atoms with Crippen LogP contribution < -0.4 is 14.8 Å². The number of carbonyl (C=O) groups is 2. The Morgan fingerprint density at radius 2 is 1.86 bits per heavy atom. The van der Waals surface area contributed by atoms with Crippen molar-refractivity contribution in [3.63, 3.8) is 0 Å². The molecule has 0 saturated heterocycles. The Hall–Kier alpha value is -3.29. The SMILES string of the molecule is CC(CN(C)C(=O)NCc1ccc(OCCOc2ccccc2)nc1)C(=O)O. The van der Waals surface area contributed by atoms with Crippen molar-refractivity contribution in [2.24, 2.45) is 5.92 Å². The fourth-order valence-electron chi connectivity index (χ4n) is 2.31. The first-order valence-electron chi connectivity index (χ1n) is 8.93. The summed E-state index contributed by atoms with van der Waals surface area (Å²) >= 11 is 0. The fraction of sp³-hybridized carbons (Fsp3) is 0.350. The van der Waals surface area contributed by atoms with Gasteiger partial charge in [0.05, 0.1) is 5.92 Å². The monoisotopic (exact) mass is 387 g/mol. The van der Waals surface area contributed by atoms with Crippen LogP contribution in [0.25, 0.3) is 0 Å². The lowest BCUT2D eigenvalue weighted by atomic mass is 10.2. The van der Waals surface area contributed by atoms with E-state index in [-0.39, 0.29) is 19.1 Å². The van der Waals surface area contributed by atoms with E-state index < -0.39 is 11.9 Å². The van der Waals surface area contributed by atoms with Crippen LogP contribution in [0.4, 0.5) is 4.79 Å². The van der Waals surface area contributed by atoms with E-state index in [0.717, 1.165) is 11.3 Å². The maximum Gasteiger partial charge on any atom is 0.317 e. The van der Waals surface area contributed by atoms with Crippen LogP contribution in [0, 0.1) is 5.92 Å². The molecule has 2 N–H and O–H groups in total. The summed E-state index contributed by atoms with van der Waals surface area (Å²) in [6.07, 6.45) is 1.62. The molecular weight excluding hydrogens is 362 g/mol. The standard InChI is InChI=1S/C20H25N3O5/c1-15(19(24)25)14-23(2)20(26)22-13-16-8-9-18(21-12-16)28-11-10-27-17-6-4-3-5-7-17/h3-9,12,15H,10-11,13-14H2,1-2H3,(H,22,26)(H,24,25). The van der Waals surface area contributed by atoms with Crippen molar-refractivity contribution in [2.75, 3.05) is 26.8 Å². The number of urea groups is 1. The van der Waals surface area contributed by atoms with Gasteiger partial charge in [-0.15, -0.1) is 0 Å². The Bertz CT molecular complexity index is 752. The van der Waals surface area contributed by atoms with Gasteiger partial charge in [-0.25, -0.2) is 9.78 Å². The minimum absolute atomic E-state index is 0.136. The average Bonchev–Trinajstić information content (AvgIpc) is 2.70. The molecule has 28 heavy (non-hydrogen) atoms. The van der Waals surface area contributed by atoms with Crippen LogP contribution >= 0.6 is 0 Å². The first kappa shape index (κ1) is 21.0. The molecule has 1 aromatic heterocycles. The molecule has 2 rings (SSSR count). The molecular formula is C20H25N3O5. The minimum atomic E-state index is -0.936. The molecule has 0 aliphatic heterocycles. The van der Waals surface area contributed by atoms with Gasteiger partial charge in [0.25, 0.3) is 0 Å². The van der Waals surface area contributed by atoms with Gasteiger partial charge >= 0.3 is 12.0 Å². The maximum atomic E-state index is 12.0. The third-order valence-corrected chi connectivity index (χ3v) is 3.90. The van der Waals surface area contributed by atoms with Gasteiger partial charge in [0.1, 0.15) is 19.0 Å². The average molecular weight is 387 g/mol. The first-order chi connectivity index (χ1) is 13.5. The summed E-state index contributed by atoms with van der Waals surface area (Å²) in [5.74, 6) is -0.305. The second-order valence-corrected chi connectivity index (χ2v) is 6.29. The van der Waals surface area contributed by atoms with E-state index >= 15 is 0 Å². The van der Waals surface area contributed by atoms with E-state index in [0.29, 0.717) is 19.1 Å². The third kappa shape index (κ3) is 7.14. The van der Waals surface area contributed by atoms with Crippen molar-refractivity contribution in [1.29, 1.82) is 0 Å². The predicted octanol–water partition coefficient (Wildman–Crippen LogP) is 2.40. The predicted molar refractivity (Wildman–Crippen MR) is 103 cm³/mol. The molecule has 0 radical (unpaired) electrons. The van der Waals surface area contributed by atoms with Crippen LogP contribution in [0.5, 0.6) is 11.6 Å². The van der Waals surface area contributed by atoms with Crippen LogP contribution in [0.1, 0.15) is 12.5 Å². The van der Waals surface area contributed by atoms with Crippen molar-refractivity contribution in [3.05, 3.63) is 54.2 Å². The van der Waals surface area contributed by atoms with E-state index in [1.807, 2.05) is 30.3 Å². The van der Waals surface area contributed by atoms with Gasteiger partial charge in [0.15, 0.2) is 0 Å². The number of para-hydroxylation sites is 1. The van der Waals surface area contributed by atoms with Crippen molar-refractivity contribution in [1.82, 2.24) is 15.2 Å². The third-order valence-electron chi connectivity index (χ3n) is 3.90. The van der Waals surface area contributed by atoms with Crippen molar-refractivity contribution >= 4 is 12.0 Å². The quantitative estimate of drug-likeness (QED) is 0.607. The van der Waals surface area contributed by atoms with Crippen LogP contribution in [-0.2, 0) is 11.3 Å². The lowest BCUT2D eigenvalue weighted by molar-refractivity contribution is -0.141. The van der Waals surface area contributed by atoms with E-state index in [4.69, 9.17) is 14.6 Å². The number of carboxylic acid groups (broad SMARTS) is 1.